The minimum Gasteiger partial charge on any atom is -0.376 e. The first kappa shape index (κ1) is 13.5. The number of carbonyl (C=O) groups is 1. The highest BCUT2D eigenvalue weighted by Gasteiger charge is 2.15. The Hall–Kier alpha value is -0.570. The van der Waals surface area contributed by atoms with Crippen LogP contribution >= 0.6 is 0 Å². The number of unbranched alkanes of at least 4 members (excludes halogenated alkanes) is 4. The lowest BCUT2D eigenvalue weighted by Gasteiger charge is -2.10. The molecule has 1 fully saturated rings. The van der Waals surface area contributed by atoms with E-state index in [1.807, 2.05) is 0 Å². The van der Waals surface area contributed by atoms with E-state index in [4.69, 9.17) is 4.74 Å². The monoisotopic (exact) mass is 227 g/mol. The number of ether oxygens (including phenoxy) is 1. The third-order valence-electron chi connectivity index (χ3n) is 3.06. The largest absolute Gasteiger partial charge is 0.376 e. The molecular formula is C13H25NO2. The quantitative estimate of drug-likeness (QED) is 0.647. The van der Waals surface area contributed by atoms with Gasteiger partial charge in [0.1, 0.15) is 0 Å². The van der Waals surface area contributed by atoms with E-state index in [1.165, 1.54) is 25.7 Å². The molecule has 1 heterocycles. The Morgan fingerprint density at radius 2 is 2.12 bits per heavy atom. The highest BCUT2D eigenvalue weighted by molar-refractivity contribution is 5.75. The van der Waals surface area contributed by atoms with E-state index in [0.29, 0.717) is 13.0 Å². The van der Waals surface area contributed by atoms with E-state index in [1.54, 1.807) is 0 Å². The van der Waals surface area contributed by atoms with E-state index in [9.17, 15) is 4.79 Å². The van der Waals surface area contributed by atoms with Gasteiger partial charge in [0.2, 0.25) is 5.91 Å². The van der Waals surface area contributed by atoms with Gasteiger partial charge < -0.3 is 10.1 Å². The van der Waals surface area contributed by atoms with Crippen molar-refractivity contribution in [3.8, 4) is 0 Å². The van der Waals surface area contributed by atoms with Crippen LogP contribution in [-0.4, -0.2) is 25.2 Å². The lowest BCUT2D eigenvalue weighted by atomic mass is 10.1. The molecule has 1 rings (SSSR count). The predicted octanol–water partition coefficient (Wildman–Crippen LogP) is 2.64. The number of hydrogen-bond acceptors (Lipinski definition) is 2. The summed E-state index contributed by atoms with van der Waals surface area (Å²) in [7, 11) is 0. The van der Waals surface area contributed by atoms with Crippen LogP contribution in [0.2, 0.25) is 0 Å². The van der Waals surface area contributed by atoms with Crippen LogP contribution in [0, 0.1) is 0 Å². The van der Waals surface area contributed by atoms with Crippen molar-refractivity contribution >= 4 is 5.91 Å². The molecule has 94 valence electrons. The fourth-order valence-corrected chi connectivity index (χ4v) is 2.01. The minimum atomic E-state index is 0.187. The third kappa shape index (κ3) is 6.11. The topological polar surface area (TPSA) is 38.3 Å². The summed E-state index contributed by atoms with van der Waals surface area (Å²) < 4.78 is 5.45. The second-order valence-electron chi connectivity index (χ2n) is 4.60. The normalized spacial score (nSPS) is 19.9. The van der Waals surface area contributed by atoms with Gasteiger partial charge in [-0.1, -0.05) is 32.6 Å². The summed E-state index contributed by atoms with van der Waals surface area (Å²) in [5.41, 5.74) is 0. The summed E-state index contributed by atoms with van der Waals surface area (Å²) in [6, 6.07) is 0. The number of nitrogens with one attached hydrogen (secondary N) is 1. The molecule has 1 unspecified atom stereocenters. The maximum Gasteiger partial charge on any atom is 0.220 e. The fraction of sp³-hybridized carbons (Fsp3) is 0.923. The SMILES string of the molecule is CCCCCCCC(=O)NCC1CCCO1. The smallest absolute Gasteiger partial charge is 0.220 e. The first-order chi connectivity index (χ1) is 7.83. The Kier molecular flexibility index (Phi) is 7.23. The van der Waals surface area contributed by atoms with Gasteiger partial charge >= 0.3 is 0 Å². The molecule has 16 heavy (non-hydrogen) atoms. The molecule has 0 saturated carbocycles. The molecule has 0 radical (unpaired) electrons. The Labute approximate surface area is 98.9 Å². The average molecular weight is 227 g/mol. The van der Waals surface area contributed by atoms with Gasteiger partial charge in [0, 0.05) is 19.6 Å². The molecule has 0 bridgehead atoms. The highest BCUT2D eigenvalue weighted by Crippen LogP contribution is 2.10. The standard InChI is InChI=1S/C13H25NO2/c1-2-3-4-5-6-9-13(15)14-11-12-8-7-10-16-12/h12H,2-11H2,1H3,(H,14,15). The van der Waals surface area contributed by atoms with E-state index >= 15 is 0 Å². The van der Waals surface area contributed by atoms with Crippen LogP contribution in [0.3, 0.4) is 0 Å². The van der Waals surface area contributed by atoms with Gasteiger partial charge in [-0.2, -0.15) is 0 Å². The summed E-state index contributed by atoms with van der Waals surface area (Å²) in [6.07, 6.45) is 9.19. The first-order valence-electron chi connectivity index (χ1n) is 6.71. The number of rotatable bonds is 8. The van der Waals surface area contributed by atoms with Crippen LogP contribution in [0.15, 0.2) is 0 Å². The summed E-state index contributed by atoms with van der Waals surface area (Å²) in [6.45, 7) is 3.76. The van der Waals surface area contributed by atoms with Gasteiger partial charge in [-0.15, -0.1) is 0 Å². The summed E-state index contributed by atoms with van der Waals surface area (Å²) in [5.74, 6) is 0.187. The summed E-state index contributed by atoms with van der Waals surface area (Å²) >= 11 is 0. The molecule has 3 heteroatoms. The Balaban J connectivity index is 1.90. The number of carbonyl (C=O) groups excluding carboxylic acids is 1. The van der Waals surface area contributed by atoms with Crippen molar-refractivity contribution in [2.24, 2.45) is 0 Å². The van der Waals surface area contributed by atoms with E-state index < -0.39 is 0 Å². The van der Waals surface area contributed by atoms with Gasteiger partial charge in [0.25, 0.3) is 0 Å². The maximum absolute atomic E-state index is 11.5. The van der Waals surface area contributed by atoms with E-state index in [2.05, 4.69) is 12.2 Å². The molecular weight excluding hydrogens is 202 g/mol. The lowest BCUT2D eigenvalue weighted by Crippen LogP contribution is -2.31. The fourth-order valence-electron chi connectivity index (χ4n) is 2.01. The van der Waals surface area contributed by atoms with E-state index in [-0.39, 0.29) is 12.0 Å². The third-order valence-corrected chi connectivity index (χ3v) is 3.06. The molecule has 1 N–H and O–H groups in total. The second-order valence-corrected chi connectivity index (χ2v) is 4.60. The van der Waals surface area contributed by atoms with Gasteiger partial charge in [-0.25, -0.2) is 0 Å². The molecule has 1 saturated heterocycles. The van der Waals surface area contributed by atoms with E-state index in [0.717, 1.165) is 25.9 Å². The minimum absolute atomic E-state index is 0.187. The van der Waals surface area contributed by atoms with Crippen LogP contribution in [0.25, 0.3) is 0 Å². The predicted molar refractivity (Wildman–Crippen MR) is 65.4 cm³/mol. The van der Waals surface area contributed by atoms with Crippen molar-refractivity contribution < 1.29 is 9.53 Å². The zero-order valence-corrected chi connectivity index (χ0v) is 10.5. The molecule has 0 aromatic carbocycles. The Morgan fingerprint density at radius 1 is 1.31 bits per heavy atom. The molecule has 0 aromatic rings. The van der Waals surface area contributed by atoms with Crippen LogP contribution in [0.5, 0.6) is 0 Å². The molecule has 1 atom stereocenters. The first-order valence-corrected chi connectivity index (χ1v) is 6.71. The molecule has 0 aliphatic carbocycles. The van der Waals surface area contributed by atoms with Crippen molar-refractivity contribution in [1.29, 1.82) is 0 Å². The van der Waals surface area contributed by atoms with Crippen LogP contribution in [0.1, 0.15) is 58.3 Å². The zero-order chi connectivity index (χ0) is 11.6. The van der Waals surface area contributed by atoms with Crippen LogP contribution in [0.4, 0.5) is 0 Å². The number of amides is 1. The van der Waals surface area contributed by atoms with Crippen molar-refractivity contribution in [3.05, 3.63) is 0 Å². The van der Waals surface area contributed by atoms with Crippen molar-refractivity contribution in [3.63, 3.8) is 0 Å². The molecule has 1 amide bonds. The van der Waals surface area contributed by atoms with Crippen LogP contribution in [-0.2, 0) is 9.53 Å². The maximum atomic E-state index is 11.5. The lowest BCUT2D eigenvalue weighted by molar-refractivity contribution is -0.121. The van der Waals surface area contributed by atoms with Gasteiger partial charge in [0.15, 0.2) is 0 Å². The van der Waals surface area contributed by atoms with Gasteiger partial charge in [-0.3, -0.25) is 4.79 Å². The molecule has 0 spiro atoms. The van der Waals surface area contributed by atoms with Crippen molar-refractivity contribution in [2.45, 2.75) is 64.4 Å². The molecule has 1 aliphatic rings. The average Bonchev–Trinajstić information content (AvgIpc) is 2.79. The van der Waals surface area contributed by atoms with Crippen LogP contribution < -0.4 is 5.32 Å². The van der Waals surface area contributed by atoms with Gasteiger partial charge in [-0.05, 0) is 19.3 Å². The summed E-state index contributed by atoms with van der Waals surface area (Å²) in [5, 5.41) is 2.95. The summed E-state index contributed by atoms with van der Waals surface area (Å²) in [4.78, 5) is 11.5. The second kappa shape index (κ2) is 8.57. The Bertz CT molecular complexity index is 188. The number of hydrogen-bond donors (Lipinski definition) is 1. The molecule has 3 nitrogen and oxygen atoms in total. The zero-order valence-electron chi connectivity index (χ0n) is 10.5. The Morgan fingerprint density at radius 3 is 2.81 bits per heavy atom. The molecule has 1 aliphatic heterocycles. The molecule has 0 aromatic heterocycles. The highest BCUT2D eigenvalue weighted by atomic mass is 16.5. The van der Waals surface area contributed by atoms with Crippen molar-refractivity contribution in [2.75, 3.05) is 13.2 Å². The van der Waals surface area contributed by atoms with Gasteiger partial charge in [0.05, 0.1) is 6.10 Å². The van der Waals surface area contributed by atoms with Crippen molar-refractivity contribution in [1.82, 2.24) is 5.32 Å².